The van der Waals surface area contributed by atoms with Gasteiger partial charge in [-0.25, -0.2) is 4.98 Å². The van der Waals surface area contributed by atoms with Gasteiger partial charge >= 0.3 is 0 Å². The summed E-state index contributed by atoms with van der Waals surface area (Å²) in [5, 5.41) is 3.51. The quantitative estimate of drug-likeness (QED) is 0.873. The van der Waals surface area contributed by atoms with E-state index < -0.39 is 0 Å². The van der Waals surface area contributed by atoms with Crippen molar-refractivity contribution in [1.82, 2.24) is 14.9 Å². The second-order valence-electron chi connectivity index (χ2n) is 5.06. The fourth-order valence-electron chi connectivity index (χ4n) is 3.05. The number of rotatable bonds is 3. The molecule has 0 aromatic carbocycles. The van der Waals surface area contributed by atoms with E-state index in [2.05, 4.69) is 35.0 Å². The van der Waals surface area contributed by atoms with Crippen molar-refractivity contribution in [3.63, 3.8) is 0 Å². The molecule has 2 atom stereocenters. The van der Waals surface area contributed by atoms with Gasteiger partial charge in [0.1, 0.15) is 5.82 Å². The van der Waals surface area contributed by atoms with Gasteiger partial charge in [-0.15, -0.1) is 0 Å². The number of imidazole rings is 1. The van der Waals surface area contributed by atoms with Crippen LogP contribution in [0.15, 0.2) is 12.4 Å². The van der Waals surface area contributed by atoms with E-state index in [0.29, 0.717) is 12.1 Å². The smallest absolute Gasteiger partial charge is 0.108 e. The lowest BCUT2D eigenvalue weighted by Crippen LogP contribution is -2.36. The Kier molecular flexibility index (Phi) is 4.60. The first-order chi connectivity index (χ1) is 8.36. The standard InChI is InChI=1S/C14H25N3/c1-3-14-16-10-11-17(14)13-9-7-5-4-6-8-12(13)15-2/h10-13,15H,3-9H2,1-2H3. The predicted molar refractivity (Wildman–Crippen MR) is 71.2 cm³/mol. The molecule has 0 spiro atoms. The van der Waals surface area contributed by atoms with Crippen molar-refractivity contribution in [2.45, 2.75) is 64.0 Å². The fraction of sp³-hybridized carbons (Fsp3) is 0.786. The first-order valence-electron chi connectivity index (χ1n) is 7.05. The summed E-state index contributed by atoms with van der Waals surface area (Å²) in [4.78, 5) is 4.47. The number of likely N-dealkylation sites (N-methyl/N-ethyl adjacent to an activating group) is 1. The average Bonchev–Trinajstić information content (AvgIpc) is 2.77. The molecule has 1 aromatic heterocycles. The first kappa shape index (κ1) is 12.6. The normalized spacial score (nSPS) is 26.5. The number of aromatic nitrogens is 2. The Hall–Kier alpha value is -0.830. The third kappa shape index (κ3) is 2.89. The molecule has 3 nitrogen and oxygen atoms in total. The van der Waals surface area contributed by atoms with Crippen molar-refractivity contribution in [1.29, 1.82) is 0 Å². The second kappa shape index (κ2) is 6.20. The summed E-state index contributed by atoms with van der Waals surface area (Å²) in [6, 6.07) is 1.20. The van der Waals surface area contributed by atoms with Gasteiger partial charge in [-0.2, -0.15) is 0 Å². The molecule has 2 rings (SSSR count). The highest BCUT2D eigenvalue weighted by atomic mass is 15.1. The number of hydrogen-bond acceptors (Lipinski definition) is 2. The van der Waals surface area contributed by atoms with Gasteiger partial charge in [0.2, 0.25) is 0 Å². The van der Waals surface area contributed by atoms with Crippen molar-refractivity contribution in [2.24, 2.45) is 0 Å². The molecule has 1 aliphatic rings. The number of nitrogens with one attached hydrogen (secondary N) is 1. The number of nitrogens with zero attached hydrogens (tertiary/aromatic N) is 2. The topological polar surface area (TPSA) is 29.9 Å². The molecule has 17 heavy (non-hydrogen) atoms. The van der Waals surface area contributed by atoms with E-state index in [4.69, 9.17) is 0 Å². The zero-order valence-corrected chi connectivity index (χ0v) is 11.2. The molecule has 0 saturated heterocycles. The Balaban J connectivity index is 2.18. The summed E-state index contributed by atoms with van der Waals surface area (Å²) in [6.07, 6.45) is 13.2. The van der Waals surface area contributed by atoms with Crippen LogP contribution in [0.25, 0.3) is 0 Å². The lowest BCUT2D eigenvalue weighted by molar-refractivity contribution is 0.290. The van der Waals surface area contributed by atoms with Crippen LogP contribution in [-0.4, -0.2) is 22.6 Å². The Morgan fingerprint density at radius 3 is 2.76 bits per heavy atom. The maximum atomic E-state index is 4.47. The van der Waals surface area contributed by atoms with Crippen molar-refractivity contribution in [3.05, 3.63) is 18.2 Å². The Morgan fingerprint density at radius 1 is 1.29 bits per heavy atom. The highest BCUT2D eigenvalue weighted by molar-refractivity contribution is 4.98. The molecule has 3 heteroatoms. The SMILES string of the molecule is CCc1nccn1C1CCCCCCC1NC. The van der Waals surface area contributed by atoms with Gasteiger partial charge in [0, 0.05) is 24.9 Å². The van der Waals surface area contributed by atoms with E-state index >= 15 is 0 Å². The van der Waals surface area contributed by atoms with E-state index in [9.17, 15) is 0 Å². The fourth-order valence-corrected chi connectivity index (χ4v) is 3.05. The third-order valence-corrected chi connectivity index (χ3v) is 4.02. The molecule has 1 fully saturated rings. The molecule has 96 valence electrons. The average molecular weight is 235 g/mol. The van der Waals surface area contributed by atoms with Gasteiger partial charge < -0.3 is 9.88 Å². The van der Waals surface area contributed by atoms with Crippen LogP contribution in [0.1, 0.15) is 57.3 Å². The van der Waals surface area contributed by atoms with E-state index in [1.165, 1.54) is 44.3 Å². The summed E-state index contributed by atoms with van der Waals surface area (Å²) in [5.74, 6) is 1.23. The summed E-state index contributed by atoms with van der Waals surface area (Å²) in [6.45, 7) is 2.19. The molecule has 0 bridgehead atoms. The van der Waals surface area contributed by atoms with Crippen LogP contribution in [0.3, 0.4) is 0 Å². The Morgan fingerprint density at radius 2 is 2.06 bits per heavy atom. The van der Waals surface area contributed by atoms with Crippen LogP contribution in [-0.2, 0) is 6.42 Å². The minimum absolute atomic E-state index is 0.595. The molecular formula is C14H25N3. The van der Waals surface area contributed by atoms with E-state index in [-0.39, 0.29) is 0 Å². The molecule has 1 saturated carbocycles. The van der Waals surface area contributed by atoms with Crippen LogP contribution in [0.5, 0.6) is 0 Å². The van der Waals surface area contributed by atoms with Crippen molar-refractivity contribution < 1.29 is 0 Å². The molecule has 1 N–H and O–H groups in total. The molecule has 0 radical (unpaired) electrons. The van der Waals surface area contributed by atoms with E-state index in [1.807, 2.05) is 6.20 Å². The van der Waals surface area contributed by atoms with Crippen molar-refractivity contribution >= 4 is 0 Å². The molecule has 0 amide bonds. The lowest BCUT2D eigenvalue weighted by atomic mass is 9.92. The molecule has 1 heterocycles. The van der Waals surface area contributed by atoms with Gasteiger partial charge in [0.15, 0.2) is 0 Å². The maximum Gasteiger partial charge on any atom is 0.108 e. The minimum Gasteiger partial charge on any atom is -0.330 e. The van der Waals surface area contributed by atoms with Gasteiger partial charge in [-0.05, 0) is 19.9 Å². The lowest BCUT2D eigenvalue weighted by Gasteiger charge is -2.31. The Labute approximate surface area is 105 Å². The minimum atomic E-state index is 0.595. The second-order valence-corrected chi connectivity index (χ2v) is 5.06. The van der Waals surface area contributed by atoms with Crippen LogP contribution in [0, 0.1) is 0 Å². The third-order valence-electron chi connectivity index (χ3n) is 4.02. The van der Waals surface area contributed by atoms with Gasteiger partial charge in [-0.1, -0.05) is 32.6 Å². The zero-order chi connectivity index (χ0) is 12.1. The van der Waals surface area contributed by atoms with Gasteiger partial charge in [-0.3, -0.25) is 0 Å². The highest BCUT2D eigenvalue weighted by Gasteiger charge is 2.23. The van der Waals surface area contributed by atoms with Crippen LogP contribution in [0.4, 0.5) is 0 Å². The summed E-state index contributed by atoms with van der Waals surface area (Å²) in [7, 11) is 2.10. The van der Waals surface area contributed by atoms with E-state index in [1.54, 1.807) is 0 Å². The van der Waals surface area contributed by atoms with Crippen molar-refractivity contribution in [3.8, 4) is 0 Å². The Bertz CT molecular complexity index is 332. The molecule has 2 unspecified atom stereocenters. The molecule has 1 aromatic rings. The molecule has 0 aliphatic heterocycles. The molecular weight excluding hydrogens is 210 g/mol. The van der Waals surface area contributed by atoms with Gasteiger partial charge in [0.05, 0.1) is 6.04 Å². The summed E-state index contributed by atoms with van der Waals surface area (Å²) in [5.41, 5.74) is 0. The van der Waals surface area contributed by atoms with Crippen LogP contribution in [0.2, 0.25) is 0 Å². The van der Waals surface area contributed by atoms with Gasteiger partial charge in [0.25, 0.3) is 0 Å². The predicted octanol–water partition coefficient (Wildman–Crippen LogP) is 2.93. The van der Waals surface area contributed by atoms with Crippen molar-refractivity contribution in [2.75, 3.05) is 7.05 Å². The maximum absolute atomic E-state index is 4.47. The monoisotopic (exact) mass is 235 g/mol. The largest absolute Gasteiger partial charge is 0.330 e. The zero-order valence-electron chi connectivity index (χ0n) is 11.2. The summed E-state index contributed by atoms with van der Waals surface area (Å²) >= 11 is 0. The number of hydrogen-bond donors (Lipinski definition) is 1. The first-order valence-corrected chi connectivity index (χ1v) is 7.05. The molecule has 1 aliphatic carbocycles. The van der Waals surface area contributed by atoms with E-state index in [0.717, 1.165) is 6.42 Å². The van der Waals surface area contributed by atoms with Crippen LogP contribution < -0.4 is 5.32 Å². The van der Waals surface area contributed by atoms with Crippen LogP contribution >= 0.6 is 0 Å². The summed E-state index contributed by atoms with van der Waals surface area (Å²) < 4.78 is 2.41. The number of aryl methyl sites for hydroxylation is 1. The highest BCUT2D eigenvalue weighted by Crippen LogP contribution is 2.27.